The quantitative estimate of drug-likeness (QED) is 0.224. The van der Waals surface area contributed by atoms with E-state index in [0.717, 1.165) is 6.33 Å². The molecule has 15 heteroatoms. The van der Waals surface area contributed by atoms with Crippen LogP contribution in [-0.2, 0) is 20.0 Å². The number of nitro groups is 1. The molecule has 0 aliphatic heterocycles. The van der Waals surface area contributed by atoms with Gasteiger partial charge in [-0.05, 0) is 48.5 Å². The van der Waals surface area contributed by atoms with Crippen LogP contribution in [0.2, 0.25) is 0 Å². The van der Waals surface area contributed by atoms with E-state index in [0.29, 0.717) is 37.6 Å². The Hall–Kier alpha value is -3.66. The molecule has 0 aliphatic rings. The molecule has 0 fully saturated rings. The highest BCUT2D eigenvalue weighted by Gasteiger charge is 2.25. The lowest BCUT2D eigenvalue weighted by molar-refractivity contribution is -0.383. The van der Waals surface area contributed by atoms with E-state index in [9.17, 15) is 26.9 Å². The fourth-order valence-corrected chi connectivity index (χ4v) is 6.77. The molecule has 3 aromatic rings. The van der Waals surface area contributed by atoms with Crippen molar-refractivity contribution in [3.8, 4) is 0 Å². The molecule has 0 aliphatic carbocycles. The van der Waals surface area contributed by atoms with E-state index in [2.05, 4.69) is 20.6 Å². The van der Waals surface area contributed by atoms with Crippen LogP contribution in [0.4, 0.5) is 28.7 Å². The second-order valence-electron chi connectivity index (χ2n) is 8.15. The van der Waals surface area contributed by atoms with Gasteiger partial charge in [-0.15, -0.1) is 0 Å². The Labute approximate surface area is 228 Å². The van der Waals surface area contributed by atoms with Crippen molar-refractivity contribution < 1.29 is 21.8 Å². The van der Waals surface area contributed by atoms with E-state index in [1.165, 1.54) is 57.1 Å². The highest BCUT2D eigenvalue weighted by molar-refractivity contribution is 7.89. The standard InChI is InChI=1S/C24H31N7O6S2/c1-5-29(6-2)38(34,35)20-13-9-18(10-14-20)27-23-22(31(32)33)24(26-17-25-23)28-19-11-15-21(16-12-19)39(36,37)30(7-3)8-4/h9-17H,5-8H2,1-4H3,(H2,25,26,27,28). The second kappa shape index (κ2) is 12.5. The van der Waals surface area contributed by atoms with Crippen LogP contribution in [0, 0.1) is 10.1 Å². The molecule has 39 heavy (non-hydrogen) atoms. The van der Waals surface area contributed by atoms with Gasteiger partial charge in [0.1, 0.15) is 6.33 Å². The summed E-state index contributed by atoms with van der Waals surface area (Å²) in [5, 5.41) is 17.6. The summed E-state index contributed by atoms with van der Waals surface area (Å²) < 4.78 is 53.5. The van der Waals surface area contributed by atoms with Crippen LogP contribution in [0.1, 0.15) is 27.7 Å². The average molecular weight is 578 g/mol. The van der Waals surface area contributed by atoms with Gasteiger partial charge in [0.05, 0.1) is 14.7 Å². The maximum Gasteiger partial charge on any atom is 0.353 e. The number of hydrogen-bond donors (Lipinski definition) is 2. The van der Waals surface area contributed by atoms with E-state index in [4.69, 9.17) is 0 Å². The van der Waals surface area contributed by atoms with Gasteiger partial charge in [0.25, 0.3) is 0 Å². The van der Waals surface area contributed by atoms with Crippen molar-refractivity contribution in [1.29, 1.82) is 0 Å². The first-order chi connectivity index (χ1) is 18.5. The molecular weight excluding hydrogens is 546 g/mol. The number of anilines is 4. The zero-order valence-corrected chi connectivity index (χ0v) is 23.7. The van der Waals surface area contributed by atoms with Crippen LogP contribution in [0.25, 0.3) is 0 Å². The third kappa shape index (κ3) is 6.50. The minimum absolute atomic E-state index is 0.0998. The Bertz CT molecular complexity index is 1400. The lowest BCUT2D eigenvalue weighted by atomic mass is 10.3. The third-order valence-corrected chi connectivity index (χ3v) is 10.1. The SMILES string of the molecule is CCN(CC)S(=O)(=O)c1ccc(Nc2ncnc(Nc3ccc(S(=O)(=O)N(CC)CC)cc3)c2[N+](=O)[O-])cc1. The van der Waals surface area contributed by atoms with Crippen molar-refractivity contribution in [3.05, 3.63) is 65.0 Å². The Morgan fingerprint density at radius 1 is 0.692 bits per heavy atom. The molecule has 13 nitrogen and oxygen atoms in total. The molecule has 1 heterocycles. The second-order valence-corrected chi connectivity index (χ2v) is 12.0. The number of nitrogens with zero attached hydrogens (tertiary/aromatic N) is 5. The smallest absolute Gasteiger partial charge is 0.334 e. The zero-order chi connectivity index (χ0) is 28.8. The fraction of sp³-hybridized carbons (Fsp3) is 0.333. The largest absolute Gasteiger partial charge is 0.353 e. The summed E-state index contributed by atoms with van der Waals surface area (Å²) in [4.78, 5) is 19.5. The van der Waals surface area contributed by atoms with Crippen molar-refractivity contribution in [2.75, 3.05) is 36.8 Å². The van der Waals surface area contributed by atoms with E-state index in [1.807, 2.05) is 0 Å². The van der Waals surface area contributed by atoms with Crippen LogP contribution >= 0.6 is 0 Å². The maximum absolute atomic E-state index is 12.7. The zero-order valence-electron chi connectivity index (χ0n) is 22.0. The number of hydrogen-bond acceptors (Lipinski definition) is 10. The minimum Gasteiger partial charge on any atom is -0.334 e. The molecule has 210 valence electrons. The number of sulfonamides is 2. The molecule has 0 atom stereocenters. The molecule has 0 unspecified atom stereocenters. The van der Waals surface area contributed by atoms with Gasteiger partial charge in [-0.25, -0.2) is 26.8 Å². The lowest BCUT2D eigenvalue weighted by Crippen LogP contribution is -2.30. The third-order valence-electron chi connectivity index (χ3n) is 5.93. The summed E-state index contributed by atoms with van der Waals surface area (Å²) >= 11 is 0. The molecule has 0 amide bonds. The molecule has 2 N–H and O–H groups in total. The van der Waals surface area contributed by atoms with E-state index >= 15 is 0 Å². The maximum atomic E-state index is 12.7. The highest BCUT2D eigenvalue weighted by atomic mass is 32.2. The first-order valence-corrected chi connectivity index (χ1v) is 15.1. The monoisotopic (exact) mass is 577 g/mol. The van der Waals surface area contributed by atoms with Crippen LogP contribution in [-0.4, -0.2) is 66.5 Å². The van der Waals surface area contributed by atoms with Gasteiger partial charge in [-0.1, -0.05) is 27.7 Å². The predicted molar refractivity (Wildman–Crippen MR) is 148 cm³/mol. The van der Waals surface area contributed by atoms with Crippen molar-refractivity contribution >= 4 is 48.7 Å². The van der Waals surface area contributed by atoms with Crippen molar-refractivity contribution in [2.24, 2.45) is 0 Å². The number of rotatable bonds is 13. The number of benzene rings is 2. The normalized spacial score (nSPS) is 12.1. The summed E-state index contributed by atoms with van der Waals surface area (Å²) in [6.45, 7) is 8.32. The van der Waals surface area contributed by atoms with Crippen LogP contribution < -0.4 is 10.6 Å². The van der Waals surface area contributed by atoms with Gasteiger partial charge in [0, 0.05) is 37.6 Å². The Kier molecular flexibility index (Phi) is 9.55. The molecular formula is C24H31N7O6S2. The summed E-state index contributed by atoms with van der Waals surface area (Å²) in [6.07, 6.45) is 1.13. The highest BCUT2D eigenvalue weighted by Crippen LogP contribution is 2.33. The molecule has 0 radical (unpaired) electrons. The topological polar surface area (TPSA) is 168 Å². The van der Waals surface area contributed by atoms with Gasteiger partial charge >= 0.3 is 5.69 Å². The van der Waals surface area contributed by atoms with Gasteiger partial charge in [0.2, 0.25) is 31.7 Å². The molecule has 0 saturated carbocycles. The average Bonchev–Trinajstić information content (AvgIpc) is 2.90. The molecule has 3 rings (SSSR count). The molecule has 0 saturated heterocycles. The minimum atomic E-state index is -3.65. The van der Waals surface area contributed by atoms with Gasteiger partial charge < -0.3 is 10.6 Å². The summed E-state index contributed by atoms with van der Waals surface area (Å²) in [5.41, 5.74) is 0.316. The predicted octanol–water partition coefficient (Wildman–Crippen LogP) is 3.93. The van der Waals surface area contributed by atoms with Crippen LogP contribution in [0.5, 0.6) is 0 Å². The summed E-state index contributed by atoms with van der Waals surface area (Å²) in [7, 11) is -7.31. The van der Waals surface area contributed by atoms with Gasteiger partial charge in [0.15, 0.2) is 0 Å². The first-order valence-electron chi connectivity index (χ1n) is 12.2. The van der Waals surface area contributed by atoms with Crippen molar-refractivity contribution in [3.63, 3.8) is 0 Å². The van der Waals surface area contributed by atoms with E-state index in [1.54, 1.807) is 27.7 Å². The summed E-state index contributed by atoms with van der Waals surface area (Å²) in [6, 6.07) is 11.6. The van der Waals surface area contributed by atoms with E-state index in [-0.39, 0.29) is 21.4 Å². The van der Waals surface area contributed by atoms with Crippen molar-refractivity contribution in [1.82, 2.24) is 18.6 Å². The molecule has 0 bridgehead atoms. The van der Waals surface area contributed by atoms with Gasteiger partial charge in [-0.3, -0.25) is 10.1 Å². The van der Waals surface area contributed by atoms with Crippen LogP contribution in [0.15, 0.2) is 64.6 Å². The first kappa shape index (κ1) is 29.9. The number of aromatic nitrogens is 2. The lowest BCUT2D eigenvalue weighted by Gasteiger charge is -2.18. The Morgan fingerprint density at radius 3 is 1.31 bits per heavy atom. The van der Waals surface area contributed by atoms with E-state index < -0.39 is 30.7 Å². The Balaban J connectivity index is 1.87. The van der Waals surface area contributed by atoms with Crippen LogP contribution in [0.3, 0.4) is 0 Å². The Morgan fingerprint density at radius 2 is 1.03 bits per heavy atom. The fourth-order valence-electron chi connectivity index (χ4n) is 3.85. The van der Waals surface area contributed by atoms with Gasteiger partial charge in [-0.2, -0.15) is 8.61 Å². The van der Waals surface area contributed by atoms with Crippen molar-refractivity contribution in [2.45, 2.75) is 37.5 Å². The summed E-state index contributed by atoms with van der Waals surface area (Å²) in [5.74, 6) is -0.227. The number of nitrogens with one attached hydrogen (secondary N) is 2. The molecule has 1 aromatic heterocycles. The molecule has 2 aromatic carbocycles. The molecule has 0 spiro atoms.